The summed E-state index contributed by atoms with van der Waals surface area (Å²) in [6.45, 7) is 16.2. The summed E-state index contributed by atoms with van der Waals surface area (Å²) in [4.78, 5) is 20.7. The van der Waals surface area contributed by atoms with E-state index in [1.54, 1.807) is 19.9 Å². The maximum absolute atomic E-state index is 10.4. The Morgan fingerprint density at radius 3 is 2.00 bits per heavy atom. The van der Waals surface area contributed by atoms with Gasteiger partial charge in [0, 0.05) is 11.1 Å². The Bertz CT molecular complexity index is 572. The van der Waals surface area contributed by atoms with Crippen molar-refractivity contribution in [1.82, 2.24) is 0 Å². The minimum Gasteiger partial charge on any atom is -0.330 e. The standard InChI is InChI=1S/C8H19N.C8H12.C6H6O2/c1-3-4-5-6-8(2)7-9;1-4-6-8(3)7-5-2;1-3-4(2)6(8)5(3)7/h8H,3-7,9H2,1-2H3;4-7H,1H2,2-3H3;1-2H3/b;7-5-,8-6-;. The summed E-state index contributed by atoms with van der Waals surface area (Å²) in [6, 6.07) is 0. The largest absolute Gasteiger partial charge is 0.330 e. The molecule has 25 heavy (non-hydrogen) atoms. The second-order valence-electron chi connectivity index (χ2n) is 6.39. The summed E-state index contributed by atoms with van der Waals surface area (Å²) in [6.07, 6.45) is 13.2. The zero-order valence-corrected chi connectivity index (χ0v) is 17.0. The lowest BCUT2D eigenvalue weighted by atomic mass is 10.0. The van der Waals surface area contributed by atoms with Gasteiger partial charge in [0.1, 0.15) is 0 Å². The van der Waals surface area contributed by atoms with Gasteiger partial charge >= 0.3 is 0 Å². The van der Waals surface area contributed by atoms with Crippen LogP contribution in [0.3, 0.4) is 0 Å². The maximum atomic E-state index is 10.4. The Morgan fingerprint density at radius 2 is 1.68 bits per heavy atom. The van der Waals surface area contributed by atoms with Crippen LogP contribution >= 0.6 is 0 Å². The third kappa shape index (κ3) is 12.3. The molecule has 1 aromatic carbocycles. The van der Waals surface area contributed by atoms with E-state index < -0.39 is 0 Å². The Labute approximate surface area is 154 Å². The Kier molecular flexibility index (Phi) is 16.1. The molecule has 0 aromatic heterocycles. The van der Waals surface area contributed by atoms with Gasteiger partial charge in [-0.15, -0.1) is 0 Å². The Balaban J connectivity index is 0. The first-order valence-electron chi connectivity index (χ1n) is 9.15. The van der Waals surface area contributed by atoms with Crippen molar-refractivity contribution in [2.75, 3.05) is 6.54 Å². The van der Waals surface area contributed by atoms with Gasteiger partial charge in [0.15, 0.2) is 0 Å². The molecule has 1 unspecified atom stereocenters. The lowest BCUT2D eigenvalue weighted by Gasteiger charge is -2.05. The van der Waals surface area contributed by atoms with Gasteiger partial charge < -0.3 is 5.73 Å². The minimum absolute atomic E-state index is 0.317. The molecule has 0 saturated heterocycles. The first-order valence-corrected chi connectivity index (χ1v) is 9.15. The second-order valence-corrected chi connectivity index (χ2v) is 6.39. The van der Waals surface area contributed by atoms with Crippen LogP contribution in [0.1, 0.15) is 64.5 Å². The number of hydrogen-bond acceptors (Lipinski definition) is 3. The molecule has 0 saturated carbocycles. The highest BCUT2D eigenvalue weighted by molar-refractivity contribution is 5.29. The molecule has 0 amide bonds. The van der Waals surface area contributed by atoms with E-state index in [0.717, 1.165) is 12.5 Å². The van der Waals surface area contributed by atoms with Crippen molar-refractivity contribution < 1.29 is 0 Å². The molecule has 0 heterocycles. The van der Waals surface area contributed by atoms with E-state index in [0.29, 0.717) is 11.1 Å². The third-order valence-electron chi connectivity index (χ3n) is 3.96. The molecule has 3 nitrogen and oxygen atoms in total. The van der Waals surface area contributed by atoms with E-state index in [9.17, 15) is 9.59 Å². The van der Waals surface area contributed by atoms with Gasteiger partial charge in [0.2, 0.25) is 10.9 Å². The highest BCUT2D eigenvalue weighted by Gasteiger charge is 2.10. The zero-order valence-electron chi connectivity index (χ0n) is 17.0. The average Bonchev–Trinajstić information content (AvgIpc) is 2.61. The predicted molar refractivity (Wildman–Crippen MR) is 112 cm³/mol. The topological polar surface area (TPSA) is 60.2 Å². The summed E-state index contributed by atoms with van der Waals surface area (Å²) in [5, 5.41) is 0. The number of rotatable bonds is 7. The summed E-state index contributed by atoms with van der Waals surface area (Å²) in [5.74, 6) is 0.733. The molecule has 0 aliphatic rings. The van der Waals surface area contributed by atoms with E-state index in [1.807, 2.05) is 32.1 Å². The lowest BCUT2D eigenvalue weighted by Crippen LogP contribution is -2.36. The molecule has 1 aromatic rings. The van der Waals surface area contributed by atoms with Gasteiger partial charge in [0.25, 0.3) is 0 Å². The van der Waals surface area contributed by atoms with Crippen molar-refractivity contribution >= 4 is 0 Å². The minimum atomic E-state index is -0.317. The molecule has 3 heteroatoms. The fourth-order valence-electron chi connectivity index (χ4n) is 1.98. The number of hydrogen-bond donors (Lipinski definition) is 1. The van der Waals surface area contributed by atoms with Crippen molar-refractivity contribution in [3.8, 4) is 0 Å². The Morgan fingerprint density at radius 1 is 1.16 bits per heavy atom. The van der Waals surface area contributed by atoms with Crippen LogP contribution in [0.5, 0.6) is 0 Å². The SMILES string of the molecule is C=C/C=C(C)\C=C/C.CCCCCC(C)CN.Cc1c(C)c(=O)c1=O. The van der Waals surface area contributed by atoms with Crippen LogP contribution in [0.15, 0.2) is 46.0 Å². The van der Waals surface area contributed by atoms with E-state index >= 15 is 0 Å². The second kappa shape index (κ2) is 15.8. The van der Waals surface area contributed by atoms with Crippen LogP contribution in [-0.4, -0.2) is 6.54 Å². The summed E-state index contributed by atoms with van der Waals surface area (Å²) in [5.41, 5.74) is 7.30. The highest BCUT2D eigenvalue weighted by Crippen LogP contribution is 2.06. The van der Waals surface area contributed by atoms with Crippen molar-refractivity contribution in [1.29, 1.82) is 0 Å². The molecular weight excluding hydrogens is 310 g/mol. The fraction of sp³-hybridized carbons (Fsp3) is 0.545. The first-order chi connectivity index (χ1) is 11.8. The molecule has 1 atom stereocenters. The lowest BCUT2D eigenvalue weighted by molar-refractivity contribution is 0.505. The van der Waals surface area contributed by atoms with Crippen molar-refractivity contribution in [2.24, 2.45) is 11.7 Å². The number of allylic oxidation sites excluding steroid dienone is 5. The third-order valence-corrected chi connectivity index (χ3v) is 3.96. The number of nitrogens with two attached hydrogens (primary N) is 1. The van der Waals surface area contributed by atoms with Crippen LogP contribution in [0.2, 0.25) is 0 Å². The normalized spacial score (nSPS) is 12.2. The molecule has 2 N–H and O–H groups in total. The van der Waals surface area contributed by atoms with Gasteiger partial charge in [-0.25, -0.2) is 0 Å². The van der Waals surface area contributed by atoms with Crippen LogP contribution in [-0.2, 0) is 0 Å². The van der Waals surface area contributed by atoms with Crippen LogP contribution in [0.25, 0.3) is 0 Å². The monoisotopic (exact) mass is 347 g/mol. The van der Waals surface area contributed by atoms with E-state index in [-0.39, 0.29) is 10.9 Å². The average molecular weight is 348 g/mol. The van der Waals surface area contributed by atoms with Gasteiger partial charge in [-0.2, -0.15) is 0 Å². The molecule has 0 aliphatic heterocycles. The quantitative estimate of drug-likeness (QED) is 0.439. The maximum Gasteiger partial charge on any atom is 0.229 e. The molecule has 0 aliphatic carbocycles. The fourth-order valence-corrected chi connectivity index (χ4v) is 1.98. The van der Waals surface area contributed by atoms with Crippen molar-refractivity contribution in [3.63, 3.8) is 0 Å². The van der Waals surface area contributed by atoms with E-state index in [1.165, 1.54) is 31.3 Å². The van der Waals surface area contributed by atoms with Crippen LogP contribution < -0.4 is 16.6 Å². The summed E-state index contributed by atoms with van der Waals surface area (Å²) >= 11 is 0. The first kappa shape index (κ1) is 25.5. The van der Waals surface area contributed by atoms with E-state index in [2.05, 4.69) is 20.4 Å². The molecule has 1 rings (SSSR count). The van der Waals surface area contributed by atoms with Crippen molar-refractivity contribution in [3.05, 3.63) is 68.0 Å². The smallest absolute Gasteiger partial charge is 0.229 e. The summed E-state index contributed by atoms with van der Waals surface area (Å²) in [7, 11) is 0. The van der Waals surface area contributed by atoms with Crippen LogP contribution in [0, 0.1) is 19.8 Å². The summed E-state index contributed by atoms with van der Waals surface area (Å²) < 4.78 is 0. The molecular formula is C22H37NO2. The van der Waals surface area contributed by atoms with Crippen LogP contribution in [0.4, 0.5) is 0 Å². The zero-order chi connectivity index (χ0) is 19.8. The van der Waals surface area contributed by atoms with Gasteiger partial charge in [0.05, 0.1) is 0 Å². The molecule has 0 spiro atoms. The Hall–Kier alpha value is -1.74. The predicted octanol–water partition coefficient (Wildman–Crippen LogP) is 4.76. The van der Waals surface area contributed by atoms with Gasteiger partial charge in [-0.05, 0) is 46.6 Å². The van der Waals surface area contributed by atoms with Gasteiger partial charge in [-0.3, -0.25) is 9.59 Å². The highest BCUT2D eigenvalue weighted by atomic mass is 16.2. The van der Waals surface area contributed by atoms with E-state index in [4.69, 9.17) is 5.73 Å². The molecule has 0 fully saturated rings. The van der Waals surface area contributed by atoms with Gasteiger partial charge in [-0.1, -0.05) is 69.6 Å². The molecule has 0 bridgehead atoms. The van der Waals surface area contributed by atoms with Crippen molar-refractivity contribution in [2.45, 2.75) is 67.2 Å². The number of unbranched alkanes of at least 4 members (excludes halogenated alkanes) is 2. The molecule has 0 radical (unpaired) electrons. The molecule has 142 valence electrons.